The van der Waals surface area contributed by atoms with E-state index in [0.717, 1.165) is 25.8 Å². The van der Waals surface area contributed by atoms with Crippen molar-refractivity contribution in [2.45, 2.75) is 44.2 Å². The Hall–Kier alpha value is -0.900. The molecule has 3 rings (SSSR count). The first kappa shape index (κ1) is 15.0. The molecule has 0 aromatic heterocycles. The first-order valence-electron chi connectivity index (χ1n) is 8.47. The molecule has 21 heavy (non-hydrogen) atoms. The fourth-order valence-electron chi connectivity index (χ4n) is 3.70. The van der Waals surface area contributed by atoms with Gasteiger partial charge in [0.25, 0.3) is 0 Å². The molecule has 0 bridgehead atoms. The molecule has 3 nitrogen and oxygen atoms in total. The Morgan fingerprint density at radius 3 is 2.76 bits per heavy atom. The molecule has 2 aliphatic rings. The van der Waals surface area contributed by atoms with Gasteiger partial charge in [0, 0.05) is 19.1 Å². The summed E-state index contributed by atoms with van der Waals surface area (Å²) in [4.78, 5) is 2.58. The Morgan fingerprint density at radius 1 is 1.14 bits per heavy atom. The van der Waals surface area contributed by atoms with Crippen molar-refractivity contribution >= 4 is 0 Å². The molecule has 2 fully saturated rings. The molecule has 3 atom stereocenters. The summed E-state index contributed by atoms with van der Waals surface area (Å²) in [6, 6.07) is 11.4. The molecule has 0 spiro atoms. The number of rotatable bonds is 6. The van der Waals surface area contributed by atoms with Gasteiger partial charge in [0.2, 0.25) is 0 Å². The molecule has 0 radical (unpaired) electrons. The van der Waals surface area contributed by atoms with E-state index in [1.165, 1.54) is 38.0 Å². The minimum atomic E-state index is -0.0391. The second-order valence-corrected chi connectivity index (χ2v) is 6.76. The van der Waals surface area contributed by atoms with E-state index in [9.17, 15) is 5.11 Å². The zero-order valence-corrected chi connectivity index (χ0v) is 12.9. The molecule has 0 amide bonds. The molecule has 116 valence electrons. The second kappa shape index (κ2) is 7.39. The summed E-state index contributed by atoms with van der Waals surface area (Å²) >= 11 is 0. The summed E-state index contributed by atoms with van der Waals surface area (Å²) in [6.07, 6.45) is 5.57. The predicted molar refractivity (Wildman–Crippen MR) is 86.3 cm³/mol. The number of hydrogen-bond acceptors (Lipinski definition) is 3. The van der Waals surface area contributed by atoms with E-state index in [0.29, 0.717) is 12.0 Å². The normalized spacial score (nSPS) is 30.0. The Bertz CT molecular complexity index is 422. The molecular weight excluding hydrogens is 260 g/mol. The van der Waals surface area contributed by atoms with Gasteiger partial charge in [-0.15, -0.1) is 0 Å². The van der Waals surface area contributed by atoms with Crippen LogP contribution in [0.5, 0.6) is 0 Å². The van der Waals surface area contributed by atoms with Gasteiger partial charge in [-0.2, -0.15) is 0 Å². The average Bonchev–Trinajstić information content (AvgIpc) is 3.13. The van der Waals surface area contributed by atoms with Crippen molar-refractivity contribution in [3.63, 3.8) is 0 Å². The van der Waals surface area contributed by atoms with E-state index in [2.05, 4.69) is 40.5 Å². The SMILES string of the molecule is OC1CCC(CNC2CCN(CCc3ccccc3)C2)C1. The first-order valence-corrected chi connectivity index (χ1v) is 8.47. The van der Waals surface area contributed by atoms with Gasteiger partial charge < -0.3 is 15.3 Å². The third-order valence-corrected chi connectivity index (χ3v) is 5.04. The van der Waals surface area contributed by atoms with Gasteiger partial charge in [-0.3, -0.25) is 0 Å². The maximum Gasteiger partial charge on any atom is 0.0543 e. The van der Waals surface area contributed by atoms with Crippen LogP contribution in [0, 0.1) is 5.92 Å². The van der Waals surface area contributed by atoms with Crippen LogP contribution in [0.1, 0.15) is 31.2 Å². The molecule has 1 aromatic rings. The molecule has 1 saturated heterocycles. The van der Waals surface area contributed by atoms with E-state index < -0.39 is 0 Å². The number of likely N-dealkylation sites (tertiary alicyclic amines) is 1. The van der Waals surface area contributed by atoms with Crippen molar-refractivity contribution in [3.05, 3.63) is 35.9 Å². The standard InChI is InChI=1S/C18H28N2O/c21-18-7-6-16(12-18)13-19-17-9-11-20(14-17)10-8-15-4-2-1-3-5-15/h1-5,16-19,21H,6-14H2. The number of aliphatic hydroxyl groups is 1. The quantitative estimate of drug-likeness (QED) is 0.841. The first-order chi connectivity index (χ1) is 10.3. The third-order valence-electron chi connectivity index (χ3n) is 5.04. The van der Waals surface area contributed by atoms with Gasteiger partial charge >= 0.3 is 0 Å². The van der Waals surface area contributed by atoms with E-state index in [1.807, 2.05) is 0 Å². The van der Waals surface area contributed by atoms with Crippen LogP contribution in [0.2, 0.25) is 0 Å². The molecule has 1 heterocycles. The number of nitrogens with zero attached hydrogens (tertiary/aromatic N) is 1. The minimum absolute atomic E-state index is 0.0391. The highest BCUT2D eigenvalue weighted by atomic mass is 16.3. The third kappa shape index (κ3) is 4.53. The molecule has 2 N–H and O–H groups in total. The van der Waals surface area contributed by atoms with Gasteiger partial charge in [0.1, 0.15) is 0 Å². The van der Waals surface area contributed by atoms with Crippen LogP contribution in [-0.4, -0.2) is 48.3 Å². The van der Waals surface area contributed by atoms with Gasteiger partial charge in [0.15, 0.2) is 0 Å². The lowest BCUT2D eigenvalue weighted by Crippen LogP contribution is -2.35. The van der Waals surface area contributed by atoms with Gasteiger partial charge in [0.05, 0.1) is 6.10 Å². The number of aliphatic hydroxyl groups excluding tert-OH is 1. The van der Waals surface area contributed by atoms with Crippen molar-refractivity contribution < 1.29 is 5.11 Å². The molecule has 1 aliphatic carbocycles. The lowest BCUT2D eigenvalue weighted by atomic mass is 10.1. The average molecular weight is 288 g/mol. The summed E-state index contributed by atoms with van der Waals surface area (Å²) in [5.74, 6) is 0.693. The topological polar surface area (TPSA) is 35.5 Å². The van der Waals surface area contributed by atoms with E-state index in [4.69, 9.17) is 0 Å². The number of hydrogen-bond donors (Lipinski definition) is 2. The lowest BCUT2D eigenvalue weighted by Gasteiger charge is -2.18. The van der Waals surface area contributed by atoms with Gasteiger partial charge in [-0.25, -0.2) is 0 Å². The highest BCUT2D eigenvalue weighted by molar-refractivity contribution is 5.14. The van der Waals surface area contributed by atoms with Crippen LogP contribution in [0.4, 0.5) is 0 Å². The number of benzene rings is 1. The van der Waals surface area contributed by atoms with Crippen LogP contribution >= 0.6 is 0 Å². The van der Waals surface area contributed by atoms with Gasteiger partial charge in [-0.05, 0) is 56.7 Å². The zero-order chi connectivity index (χ0) is 14.5. The summed E-state index contributed by atoms with van der Waals surface area (Å²) < 4.78 is 0. The van der Waals surface area contributed by atoms with Crippen LogP contribution in [0.3, 0.4) is 0 Å². The molecule has 3 heteroatoms. The summed E-state index contributed by atoms with van der Waals surface area (Å²) in [5, 5.41) is 13.3. The van der Waals surface area contributed by atoms with Crippen LogP contribution < -0.4 is 5.32 Å². The van der Waals surface area contributed by atoms with Crippen LogP contribution in [-0.2, 0) is 6.42 Å². The zero-order valence-electron chi connectivity index (χ0n) is 12.9. The fraction of sp³-hybridized carbons (Fsp3) is 0.667. The van der Waals surface area contributed by atoms with Gasteiger partial charge in [-0.1, -0.05) is 30.3 Å². The molecular formula is C18H28N2O. The Morgan fingerprint density at radius 2 is 2.00 bits per heavy atom. The Kier molecular flexibility index (Phi) is 5.28. The largest absolute Gasteiger partial charge is 0.393 e. The van der Waals surface area contributed by atoms with Crippen LogP contribution in [0.25, 0.3) is 0 Å². The minimum Gasteiger partial charge on any atom is -0.393 e. The lowest BCUT2D eigenvalue weighted by molar-refractivity contribution is 0.177. The second-order valence-electron chi connectivity index (χ2n) is 6.76. The molecule has 1 aliphatic heterocycles. The molecule has 1 saturated carbocycles. The summed E-state index contributed by atoms with van der Waals surface area (Å²) in [7, 11) is 0. The van der Waals surface area contributed by atoms with E-state index in [-0.39, 0.29) is 6.10 Å². The molecule has 3 unspecified atom stereocenters. The summed E-state index contributed by atoms with van der Waals surface area (Å²) in [5.41, 5.74) is 1.44. The van der Waals surface area contributed by atoms with E-state index >= 15 is 0 Å². The highest BCUT2D eigenvalue weighted by Gasteiger charge is 2.26. The van der Waals surface area contributed by atoms with Crippen molar-refractivity contribution in [1.82, 2.24) is 10.2 Å². The monoisotopic (exact) mass is 288 g/mol. The predicted octanol–water partition coefficient (Wildman–Crippen LogP) is 2.05. The highest BCUT2D eigenvalue weighted by Crippen LogP contribution is 2.25. The fourth-order valence-corrected chi connectivity index (χ4v) is 3.70. The van der Waals surface area contributed by atoms with Crippen molar-refractivity contribution in [3.8, 4) is 0 Å². The molecule has 1 aromatic carbocycles. The Balaban J connectivity index is 1.33. The van der Waals surface area contributed by atoms with Crippen LogP contribution in [0.15, 0.2) is 30.3 Å². The number of nitrogens with one attached hydrogen (secondary N) is 1. The van der Waals surface area contributed by atoms with Crippen molar-refractivity contribution in [2.75, 3.05) is 26.2 Å². The van der Waals surface area contributed by atoms with Crippen molar-refractivity contribution in [2.24, 2.45) is 5.92 Å². The maximum absolute atomic E-state index is 9.58. The smallest absolute Gasteiger partial charge is 0.0543 e. The van der Waals surface area contributed by atoms with Crippen molar-refractivity contribution in [1.29, 1.82) is 0 Å². The summed E-state index contributed by atoms with van der Waals surface area (Å²) in [6.45, 7) is 4.67. The maximum atomic E-state index is 9.58. The Labute approximate surface area is 128 Å². The van der Waals surface area contributed by atoms with E-state index in [1.54, 1.807) is 0 Å².